The second kappa shape index (κ2) is 7.44. The summed E-state index contributed by atoms with van der Waals surface area (Å²) in [4.78, 5) is 16.4. The second-order valence-electron chi connectivity index (χ2n) is 7.27. The summed E-state index contributed by atoms with van der Waals surface area (Å²) in [6, 6.07) is 7.00. The Morgan fingerprint density at radius 2 is 2.11 bits per heavy atom. The van der Waals surface area contributed by atoms with Crippen molar-refractivity contribution in [3.05, 3.63) is 47.7 Å². The van der Waals surface area contributed by atoms with Gasteiger partial charge in [0.15, 0.2) is 5.58 Å². The van der Waals surface area contributed by atoms with Crippen molar-refractivity contribution in [1.82, 2.24) is 4.98 Å². The predicted molar refractivity (Wildman–Crippen MR) is 107 cm³/mol. The standard InChI is InChI=1S/C20H20FN3O3Si/c1-5-26-20(25)19-17(14-11-23-10-12(9-22)18(14)27-19)24-16-7-6-13(8-15(16)21)28(2,3)4/h6-8,10-11,24H,5H2,1-4H3. The van der Waals surface area contributed by atoms with Crippen LogP contribution < -0.4 is 10.5 Å². The largest absolute Gasteiger partial charge is 0.460 e. The number of rotatable bonds is 5. The Bertz CT molecular complexity index is 1100. The predicted octanol–water partition coefficient (Wildman–Crippen LogP) is 4.30. The topological polar surface area (TPSA) is 88.2 Å². The Balaban J connectivity index is 2.13. The first-order chi connectivity index (χ1) is 13.3. The van der Waals surface area contributed by atoms with Crippen LogP contribution in [0.1, 0.15) is 23.0 Å². The molecular weight excluding hydrogens is 377 g/mol. The van der Waals surface area contributed by atoms with E-state index in [0.717, 1.165) is 5.19 Å². The first-order valence-electron chi connectivity index (χ1n) is 8.81. The van der Waals surface area contributed by atoms with E-state index in [0.29, 0.717) is 5.39 Å². The van der Waals surface area contributed by atoms with E-state index in [-0.39, 0.29) is 34.9 Å². The molecule has 0 fully saturated rings. The zero-order valence-corrected chi connectivity index (χ0v) is 17.1. The molecule has 0 saturated carbocycles. The first-order valence-corrected chi connectivity index (χ1v) is 12.3. The highest BCUT2D eigenvalue weighted by molar-refractivity contribution is 6.88. The minimum atomic E-state index is -1.67. The highest BCUT2D eigenvalue weighted by Crippen LogP contribution is 2.35. The molecule has 2 heterocycles. The zero-order chi connectivity index (χ0) is 20.5. The Labute approximate surface area is 163 Å². The molecule has 0 radical (unpaired) electrons. The lowest BCUT2D eigenvalue weighted by Crippen LogP contribution is -2.37. The number of hydrogen-bond donors (Lipinski definition) is 1. The normalized spacial score (nSPS) is 11.3. The SMILES string of the molecule is CCOC(=O)c1oc2c(C#N)cncc2c1Nc1ccc([Si](C)(C)C)cc1F. The number of anilines is 2. The number of aromatic nitrogens is 1. The summed E-state index contributed by atoms with van der Waals surface area (Å²) < 4.78 is 25.4. The average molecular weight is 397 g/mol. The lowest BCUT2D eigenvalue weighted by atomic mass is 10.2. The Morgan fingerprint density at radius 1 is 1.36 bits per heavy atom. The molecule has 1 N–H and O–H groups in total. The van der Waals surface area contributed by atoms with Crippen LogP contribution in [0.5, 0.6) is 0 Å². The van der Waals surface area contributed by atoms with Crippen LogP contribution in [0.4, 0.5) is 15.8 Å². The Kier molecular flexibility index (Phi) is 5.20. The molecule has 0 amide bonds. The van der Waals surface area contributed by atoms with Crippen molar-refractivity contribution >= 4 is 41.6 Å². The van der Waals surface area contributed by atoms with Gasteiger partial charge in [-0.2, -0.15) is 5.26 Å². The van der Waals surface area contributed by atoms with E-state index < -0.39 is 19.9 Å². The highest BCUT2D eigenvalue weighted by Gasteiger charge is 2.25. The number of hydrogen-bond acceptors (Lipinski definition) is 6. The van der Waals surface area contributed by atoms with Gasteiger partial charge >= 0.3 is 5.97 Å². The maximum absolute atomic E-state index is 14.7. The first kappa shape index (κ1) is 19.6. The molecule has 3 rings (SSSR count). The van der Waals surface area contributed by atoms with Crippen LogP contribution in [0, 0.1) is 17.1 Å². The molecule has 0 aliphatic carbocycles. The van der Waals surface area contributed by atoms with Crippen LogP contribution in [-0.2, 0) is 4.74 Å². The summed E-state index contributed by atoms with van der Waals surface area (Å²) in [5, 5.41) is 13.6. The quantitative estimate of drug-likeness (QED) is 0.510. The second-order valence-corrected chi connectivity index (χ2v) is 12.3. The molecule has 0 atom stereocenters. The molecule has 0 saturated heterocycles. The lowest BCUT2D eigenvalue weighted by Gasteiger charge is -2.17. The van der Waals surface area contributed by atoms with E-state index in [1.54, 1.807) is 13.0 Å². The van der Waals surface area contributed by atoms with Crippen molar-refractivity contribution in [2.45, 2.75) is 26.6 Å². The molecule has 0 aliphatic rings. The fourth-order valence-corrected chi connectivity index (χ4v) is 3.92. The van der Waals surface area contributed by atoms with Crippen LogP contribution in [0.2, 0.25) is 19.6 Å². The number of halogens is 1. The molecule has 0 unspecified atom stereocenters. The van der Waals surface area contributed by atoms with Gasteiger partial charge in [0.25, 0.3) is 0 Å². The number of fused-ring (bicyclic) bond motifs is 1. The fraction of sp³-hybridized carbons (Fsp3) is 0.250. The molecule has 3 aromatic rings. The Hall–Kier alpha value is -3.18. The van der Waals surface area contributed by atoms with Crippen LogP contribution in [0.25, 0.3) is 11.0 Å². The molecular formula is C20H20FN3O3Si. The third-order valence-electron chi connectivity index (χ3n) is 4.27. The van der Waals surface area contributed by atoms with Crippen molar-refractivity contribution in [3.63, 3.8) is 0 Å². The molecule has 2 aromatic heterocycles. The molecule has 6 nitrogen and oxygen atoms in total. The molecule has 0 spiro atoms. The van der Waals surface area contributed by atoms with Gasteiger partial charge in [-0.05, 0) is 19.1 Å². The lowest BCUT2D eigenvalue weighted by molar-refractivity contribution is 0.0494. The summed E-state index contributed by atoms with van der Waals surface area (Å²) in [5.41, 5.74) is 0.781. The summed E-state index contributed by atoms with van der Waals surface area (Å²) >= 11 is 0. The van der Waals surface area contributed by atoms with E-state index in [9.17, 15) is 14.4 Å². The molecule has 8 heteroatoms. The van der Waals surface area contributed by atoms with Gasteiger partial charge in [-0.1, -0.05) is 30.9 Å². The monoisotopic (exact) mass is 397 g/mol. The summed E-state index contributed by atoms with van der Waals surface area (Å²) in [6.45, 7) is 8.22. The van der Waals surface area contributed by atoms with Gasteiger partial charge in [0.1, 0.15) is 23.1 Å². The van der Waals surface area contributed by atoms with Gasteiger partial charge in [-0.15, -0.1) is 0 Å². The van der Waals surface area contributed by atoms with E-state index >= 15 is 0 Å². The molecule has 28 heavy (non-hydrogen) atoms. The van der Waals surface area contributed by atoms with Crippen LogP contribution in [0.3, 0.4) is 0 Å². The summed E-state index contributed by atoms with van der Waals surface area (Å²) in [6.07, 6.45) is 2.80. The number of nitriles is 1. The van der Waals surface area contributed by atoms with Crippen LogP contribution in [-0.4, -0.2) is 25.6 Å². The van der Waals surface area contributed by atoms with E-state index in [1.807, 2.05) is 12.1 Å². The number of ether oxygens (including phenoxy) is 1. The number of benzene rings is 1. The van der Waals surface area contributed by atoms with Gasteiger partial charge < -0.3 is 14.5 Å². The molecule has 1 aromatic carbocycles. The number of furan rings is 1. The van der Waals surface area contributed by atoms with Gasteiger partial charge in [0.2, 0.25) is 5.76 Å². The fourth-order valence-electron chi connectivity index (χ4n) is 2.77. The summed E-state index contributed by atoms with van der Waals surface area (Å²) in [5.74, 6) is -1.27. The van der Waals surface area contributed by atoms with Crippen molar-refractivity contribution in [3.8, 4) is 6.07 Å². The number of carbonyl (C=O) groups is 1. The number of esters is 1. The maximum atomic E-state index is 14.7. The van der Waals surface area contributed by atoms with E-state index in [2.05, 4.69) is 29.9 Å². The van der Waals surface area contributed by atoms with E-state index in [4.69, 9.17) is 9.15 Å². The van der Waals surface area contributed by atoms with Crippen molar-refractivity contribution < 1.29 is 18.3 Å². The minimum absolute atomic E-state index is 0.130. The number of pyridine rings is 1. The number of nitrogens with one attached hydrogen (secondary N) is 1. The smallest absolute Gasteiger partial charge is 0.376 e. The summed E-state index contributed by atoms with van der Waals surface area (Å²) in [7, 11) is -1.67. The zero-order valence-electron chi connectivity index (χ0n) is 16.1. The van der Waals surface area contributed by atoms with Crippen molar-refractivity contribution in [1.29, 1.82) is 5.26 Å². The maximum Gasteiger partial charge on any atom is 0.376 e. The number of nitrogens with zero attached hydrogens (tertiary/aromatic N) is 2. The molecule has 144 valence electrons. The average Bonchev–Trinajstić information content (AvgIpc) is 3.01. The van der Waals surface area contributed by atoms with Gasteiger partial charge in [0, 0.05) is 12.4 Å². The Morgan fingerprint density at radius 3 is 2.71 bits per heavy atom. The van der Waals surface area contributed by atoms with E-state index in [1.165, 1.54) is 18.5 Å². The van der Waals surface area contributed by atoms with Gasteiger partial charge in [0.05, 0.1) is 25.8 Å². The van der Waals surface area contributed by atoms with Crippen LogP contribution >= 0.6 is 0 Å². The van der Waals surface area contributed by atoms with Gasteiger partial charge in [-0.25, -0.2) is 9.18 Å². The van der Waals surface area contributed by atoms with Gasteiger partial charge in [-0.3, -0.25) is 4.98 Å². The highest BCUT2D eigenvalue weighted by atomic mass is 28.3. The van der Waals surface area contributed by atoms with Crippen molar-refractivity contribution in [2.24, 2.45) is 0 Å². The van der Waals surface area contributed by atoms with Crippen molar-refractivity contribution in [2.75, 3.05) is 11.9 Å². The third kappa shape index (κ3) is 3.61. The molecule has 0 aliphatic heterocycles. The third-order valence-corrected chi connectivity index (χ3v) is 6.32. The number of carbonyl (C=O) groups excluding carboxylic acids is 1. The van der Waals surface area contributed by atoms with Crippen LogP contribution in [0.15, 0.2) is 35.0 Å². The molecule has 0 bridgehead atoms. The minimum Gasteiger partial charge on any atom is -0.460 e.